The standard InChI is InChI=1S/C14H18FN3/c1-10(2)16-9-11-4-5-13(15)12(8-11)14-6-7-17-18(14)3/h4-8,10,16H,9H2,1-3H3. The molecule has 0 spiro atoms. The van der Waals surface area contributed by atoms with Crippen molar-refractivity contribution in [1.29, 1.82) is 0 Å². The van der Waals surface area contributed by atoms with Gasteiger partial charge in [-0.3, -0.25) is 4.68 Å². The zero-order chi connectivity index (χ0) is 13.1. The van der Waals surface area contributed by atoms with Crippen molar-refractivity contribution in [3.63, 3.8) is 0 Å². The molecule has 0 unspecified atom stereocenters. The first-order valence-corrected chi connectivity index (χ1v) is 6.08. The number of aromatic nitrogens is 2. The molecule has 0 saturated heterocycles. The van der Waals surface area contributed by atoms with Crippen molar-refractivity contribution in [2.75, 3.05) is 0 Å². The number of nitrogens with zero attached hydrogens (tertiary/aromatic N) is 2. The maximum atomic E-state index is 13.9. The second kappa shape index (κ2) is 5.31. The number of hydrogen-bond acceptors (Lipinski definition) is 2. The van der Waals surface area contributed by atoms with Crippen LogP contribution in [0.3, 0.4) is 0 Å². The van der Waals surface area contributed by atoms with Crippen LogP contribution in [0.25, 0.3) is 11.3 Å². The zero-order valence-corrected chi connectivity index (χ0v) is 10.9. The molecule has 0 atom stereocenters. The van der Waals surface area contributed by atoms with Gasteiger partial charge in [0.1, 0.15) is 5.82 Å². The number of benzene rings is 1. The predicted molar refractivity (Wildman–Crippen MR) is 70.6 cm³/mol. The third-order valence-corrected chi connectivity index (χ3v) is 2.84. The van der Waals surface area contributed by atoms with Crippen molar-refractivity contribution in [3.8, 4) is 11.3 Å². The first-order valence-electron chi connectivity index (χ1n) is 6.08. The molecule has 1 heterocycles. The molecule has 1 N–H and O–H groups in total. The Kier molecular flexibility index (Phi) is 3.77. The molecule has 1 aromatic heterocycles. The molecule has 0 bridgehead atoms. The monoisotopic (exact) mass is 247 g/mol. The van der Waals surface area contributed by atoms with E-state index in [9.17, 15) is 4.39 Å². The smallest absolute Gasteiger partial charge is 0.132 e. The predicted octanol–water partition coefficient (Wildman–Crippen LogP) is 2.72. The summed E-state index contributed by atoms with van der Waals surface area (Å²) in [6.45, 7) is 4.92. The van der Waals surface area contributed by atoms with Gasteiger partial charge in [0.25, 0.3) is 0 Å². The van der Waals surface area contributed by atoms with Gasteiger partial charge in [0.05, 0.1) is 5.69 Å². The van der Waals surface area contributed by atoms with E-state index in [0.29, 0.717) is 11.6 Å². The third kappa shape index (κ3) is 2.76. The Bertz CT molecular complexity index is 532. The first-order chi connectivity index (χ1) is 8.58. The second-order valence-corrected chi connectivity index (χ2v) is 4.69. The van der Waals surface area contributed by atoms with Crippen LogP contribution >= 0.6 is 0 Å². The van der Waals surface area contributed by atoms with Gasteiger partial charge >= 0.3 is 0 Å². The summed E-state index contributed by atoms with van der Waals surface area (Å²) in [5.41, 5.74) is 2.46. The molecule has 0 amide bonds. The van der Waals surface area contributed by atoms with Gasteiger partial charge in [-0.05, 0) is 23.8 Å². The van der Waals surface area contributed by atoms with Crippen LogP contribution in [-0.2, 0) is 13.6 Å². The van der Waals surface area contributed by atoms with Crippen molar-refractivity contribution in [2.24, 2.45) is 7.05 Å². The topological polar surface area (TPSA) is 29.9 Å². The number of halogens is 1. The summed E-state index contributed by atoms with van der Waals surface area (Å²) in [4.78, 5) is 0. The summed E-state index contributed by atoms with van der Waals surface area (Å²) in [7, 11) is 1.81. The highest BCUT2D eigenvalue weighted by atomic mass is 19.1. The highest BCUT2D eigenvalue weighted by Crippen LogP contribution is 2.23. The molecule has 0 aliphatic rings. The number of nitrogens with one attached hydrogen (secondary N) is 1. The SMILES string of the molecule is CC(C)NCc1ccc(F)c(-c2ccnn2C)c1. The normalized spacial score (nSPS) is 11.2. The van der Waals surface area contributed by atoms with Gasteiger partial charge in [0.2, 0.25) is 0 Å². The molecule has 4 heteroatoms. The van der Waals surface area contributed by atoms with Gasteiger partial charge < -0.3 is 5.32 Å². The Morgan fingerprint density at radius 3 is 2.72 bits per heavy atom. The van der Waals surface area contributed by atoms with E-state index in [2.05, 4.69) is 24.3 Å². The molecular formula is C14H18FN3. The fraction of sp³-hybridized carbons (Fsp3) is 0.357. The Labute approximate surface area is 107 Å². The molecular weight excluding hydrogens is 229 g/mol. The Balaban J connectivity index is 2.30. The molecule has 0 radical (unpaired) electrons. The Morgan fingerprint density at radius 2 is 2.11 bits per heavy atom. The van der Waals surface area contributed by atoms with Crippen molar-refractivity contribution in [1.82, 2.24) is 15.1 Å². The van der Waals surface area contributed by atoms with E-state index in [0.717, 1.165) is 17.8 Å². The highest BCUT2D eigenvalue weighted by molar-refractivity contribution is 5.61. The Hall–Kier alpha value is -1.68. The van der Waals surface area contributed by atoms with E-state index in [-0.39, 0.29) is 5.82 Å². The van der Waals surface area contributed by atoms with E-state index in [1.807, 2.05) is 25.2 Å². The zero-order valence-electron chi connectivity index (χ0n) is 10.9. The van der Waals surface area contributed by atoms with Gasteiger partial charge in [0.15, 0.2) is 0 Å². The van der Waals surface area contributed by atoms with Crippen LogP contribution in [0, 0.1) is 5.82 Å². The van der Waals surface area contributed by atoms with Crippen molar-refractivity contribution < 1.29 is 4.39 Å². The van der Waals surface area contributed by atoms with Crippen LogP contribution in [0.2, 0.25) is 0 Å². The van der Waals surface area contributed by atoms with Gasteiger partial charge in [-0.15, -0.1) is 0 Å². The van der Waals surface area contributed by atoms with Crippen molar-refractivity contribution >= 4 is 0 Å². The van der Waals surface area contributed by atoms with Crippen LogP contribution < -0.4 is 5.32 Å². The molecule has 3 nitrogen and oxygen atoms in total. The van der Waals surface area contributed by atoms with Gasteiger partial charge in [-0.1, -0.05) is 19.9 Å². The second-order valence-electron chi connectivity index (χ2n) is 4.69. The number of aryl methyl sites for hydroxylation is 1. The molecule has 96 valence electrons. The quantitative estimate of drug-likeness (QED) is 0.900. The largest absolute Gasteiger partial charge is 0.310 e. The lowest BCUT2D eigenvalue weighted by molar-refractivity contribution is 0.586. The summed E-state index contributed by atoms with van der Waals surface area (Å²) >= 11 is 0. The lowest BCUT2D eigenvalue weighted by Gasteiger charge is -2.10. The summed E-state index contributed by atoms with van der Waals surface area (Å²) in [6, 6.07) is 7.43. The average molecular weight is 247 g/mol. The first kappa shape index (κ1) is 12.8. The van der Waals surface area contributed by atoms with Crippen LogP contribution in [0.5, 0.6) is 0 Å². The van der Waals surface area contributed by atoms with E-state index < -0.39 is 0 Å². The fourth-order valence-corrected chi connectivity index (χ4v) is 1.84. The van der Waals surface area contributed by atoms with Crippen molar-refractivity contribution in [3.05, 3.63) is 41.8 Å². The van der Waals surface area contributed by atoms with E-state index >= 15 is 0 Å². The van der Waals surface area contributed by atoms with Gasteiger partial charge in [0, 0.05) is 31.4 Å². The molecule has 1 aromatic carbocycles. The lowest BCUT2D eigenvalue weighted by atomic mass is 10.1. The number of hydrogen-bond donors (Lipinski definition) is 1. The minimum absolute atomic E-state index is 0.216. The molecule has 18 heavy (non-hydrogen) atoms. The van der Waals surface area contributed by atoms with Gasteiger partial charge in [-0.25, -0.2) is 4.39 Å². The van der Waals surface area contributed by atoms with Crippen molar-refractivity contribution in [2.45, 2.75) is 26.4 Å². The Morgan fingerprint density at radius 1 is 1.33 bits per heavy atom. The third-order valence-electron chi connectivity index (χ3n) is 2.84. The minimum Gasteiger partial charge on any atom is -0.310 e. The van der Waals surface area contributed by atoms with Crippen LogP contribution in [0.1, 0.15) is 19.4 Å². The molecule has 0 aliphatic carbocycles. The molecule has 0 aliphatic heterocycles. The molecule has 2 rings (SSSR count). The van der Waals surface area contributed by atoms with E-state index in [4.69, 9.17) is 0 Å². The summed E-state index contributed by atoms with van der Waals surface area (Å²) < 4.78 is 15.5. The van der Waals surface area contributed by atoms with E-state index in [1.165, 1.54) is 6.07 Å². The summed E-state index contributed by atoms with van der Waals surface area (Å²) in [5, 5.41) is 7.40. The fourth-order valence-electron chi connectivity index (χ4n) is 1.84. The summed E-state index contributed by atoms with van der Waals surface area (Å²) in [5.74, 6) is -0.216. The van der Waals surface area contributed by atoms with Gasteiger partial charge in [-0.2, -0.15) is 5.10 Å². The molecule has 0 saturated carbocycles. The lowest BCUT2D eigenvalue weighted by Crippen LogP contribution is -2.21. The van der Waals surface area contributed by atoms with Crippen LogP contribution in [0.15, 0.2) is 30.5 Å². The maximum absolute atomic E-state index is 13.9. The summed E-state index contributed by atoms with van der Waals surface area (Å²) in [6.07, 6.45) is 1.67. The van der Waals surface area contributed by atoms with Crippen LogP contribution in [0.4, 0.5) is 4.39 Å². The van der Waals surface area contributed by atoms with Crippen LogP contribution in [-0.4, -0.2) is 15.8 Å². The molecule has 0 fully saturated rings. The molecule has 2 aromatic rings. The number of rotatable bonds is 4. The average Bonchev–Trinajstić information content (AvgIpc) is 2.74. The minimum atomic E-state index is -0.216. The maximum Gasteiger partial charge on any atom is 0.132 e. The van der Waals surface area contributed by atoms with E-state index in [1.54, 1.807) is 10.9 Å². The highest BCUT2D eigenvalue weighted by Gasteiger charge is 2.09.